The van der Waals surface area contributed by atoms with E-state index in [9.17, 15) is 4.39 Å². The minimum Gasteiger partial charge on any atom is -0.346 e. The Labute approximate surface area is 140 Å². The van der Waals surface area contributed by atoms with E-state index in [-0.39, 0.29) is 12.0 Å². The maximum absolute atomic E-state index is 13.3. The number of para-hydroxylation sites is 1. The lowest BCUT2D eigenvalue weighted by atomic mass is 9.91. The number of benzene rings is 3. The monoisotopic (exact) mass is 316 g/mol. The van der Waals surface area contributed by atoms with E-state index >= 15 is 0 Å². The highest BCUT2D eigenvalue weighted by Crippen LogP contribution is 2.48. The Morgan fingerprint density at radius 3 is 2.21 bits per heavy atom. The lowest BCUT2D eigenvalue weighted by Gasteiger charge is -2.39. The molecule has 0 spiro atoms. The zero-order chi connectivity index (χ0) is 16.1. The van der Waals surface area contributed by atoms with Crippen molar-refractivity contribution < 1.29 is 4.39 Å². The van der Waals surface area contributed by atoms with Gasteiger partial charge in [0.05, 0.1) is 0 Å². The van der Waals surface area contributed by atoms with Gasteiger partial charge in [-0.2, -0.15) is 0 Å². The molecular formula is C21H17FN2. The summed E-state index contributed by atoms with van der Waals surface area (Å²) in [4.78, 5) is 4.83. The zero-order valence-electron chi connectivity index (χ0n) is 13.2. The van der Waals surface area contributed by atoms with E-state index in [0.717, 1.165) is 18.8 Å². The highest BCUT2D eigenvalue weighted by Gasteiger charge is 2.39. The number of fused-ring (bicyclic) bond motifs is 6. The third kappa shape index (κ3) is 1.88. The Balaban J connectivity index is 1.68. The van der Waals surface area contributed by atoms with Gasteiger partial charge in [-0.15, -0.1) is 0 Å². The van der Waals surface area contributed by atoms with E-state index in [4.69, 9.17) is 0 Å². The Hall–Kier alpha value is -2.81. The van der Waals surface area contributed by atoms with Gasteiger partial charge in [0.2, 0.25) is 0 Å². The van der Waals surface area contributed by atoms with E-state index in [1.54, 1.807) is 12.1 Å². The quantitative estimate of drug-likeness (QED) is 0.634. The Kier molecular flexibility index (Phi) is 2.89. The van der Waals surface area contributed by atoms with Crippen LogP contribution >= 0.6 is 0 Å². The molecule has 5 rings (SSSR count). The van der Waals surface area contributed by atoms with Crippen LogP contribution in [-0.2, 0) is 0 Å². The first-order valence-corrected chi connectivity index (χ1v) is 8.30. The fourth-order valence-corrected chi connectivity index (χ4v) is 4.04. The van der Waals surface area contributed by atoms with Crippen LogP contribution in [-0.4, -0.2) is 13.1 Å². The molecule has 0 aromatic heterocycles. The molecule has 0 bridgehead atoms. The summed E-state index contributed by atoms with van der Waals surface area (Å²) in [5.41, 5.74) is 6.26. The van der Waals surface area contributed by atoms with Gasteiger partial charge >= 0.3 is 0 Å². The molecule has 1 atom stereocenters. The Morgan fingerprint density at radius 2 is 1.38 bits per heavy atom. The maximum Gasteiger partial charge on any atom is 0.129 e. The highest BCUT2D eigenvalue weighted by atomic mass is 19.1. The number of halogens is 1. The van der Waals surface area contributed by atoms with E-state index in [1.807, 2.05) is 12.1 Å². The van der Waals surface area contributed by atoms with Gasteiger partial charge in [0, 0.05) is 35.6 Å². The van der Waals surface area contributed by atoms with E-state index in [2.05, 4.69) is 58.3 Å². The van der Waals surface area contributed by atoms with Crippen LogP contribution < -0.4 is 9.80 Å². The molecular weight excluding hydrogens is 299 g/mol. The van der Waals surface area contributed by atoms with Gasteiger partial charge in [0.1, 0.15) is 12.0 Å². The summed E-state index contributed by atoms with van der Waals surface area (Å²) in [6.45, 7) is 1.90. The van der Waals surface area contributed by atoms with Crippen LogP contribution in [0.1, 0.15) is 11.7 Å². The van der Waals surface area contributed by atoms with Crippen molar-refractivity contribution in [1.82, 2.24) is 0 Å². The van der Waals surface area contributed by atoms with Crippen LogP contribution in [0.4, 0.5) is 15.8 Å². The first-order valence-electron chi connectivity index (χ1n) is 8.30. The van der Waals surface area contributed by atoms with Crippen molar-refractivity contribution in [3.8, 4) is 11.1 Å². The van der Waals surface area contributed by atoms with E-state index in [1.165, 1.54) is 22.4 Å². The van der Waals surface area contributed by atoms with Gasteiger partial charge in [-0.1, -0.05) is 42.5 Å². The number of hydrogen-bond donors (Lipinski definition) is 0. The molecule has 1 saturated heterocycles. The SMILES string of the molecule is Fc1ccc(N2CCN3c4ccccc4-c4ccccc4C23)cc1. The molecule has 2 heterocycles. The van der Waals surface area contributed by atoms with Crippen molar-refractivity contribution in [1.29, 1.82) is 0 Å². The van der Waals surface area contributed by atoms with Gasteiger partial charge in [-0.05, 0) is 35.9 Å². The maximum atomic E-state index is 13.3. The summed E-state index contributed by atoms with van der Waals surface area (Å²) in [7, 11) is 0. The number of hydrogen-bond acceptors (Lipinski definition) is 2. The van der Waals surface area contributed by atoms with Crippen LogP contribution in [0.15, 0.2) is 72.8 Å². The molecule has 2 nitrogen and oxygen atoms in total. The number of anilines is 2. The highest BCUT2D eigenvalue weighted by molar-refractivity contribution is 5.86. The topological polar surface area (TPSA) is 6.48 Å². The van der Waals surface area contributed by atoms with Gasteiger partial charge in [-0.25, -0.2) is 4.39 Å². The predicted molar refractivity (Wildman–Crippen MR) is 95.7 cm³/mol. The van der Waals surface area contributed by atoms with Crippen molar-refractivity contribution in [2.45, 2.75) is 6.17 Å². The molecule has 24 heavy (non-hydrogen) atoms. The molecule has 0 saturated carbocycles. The van der Waals surface area contributed by atoms with Crippen LogP contribution in [0.25, 0.3) is 11.1 Å². The summed E-state index contributed by atoms with van der Waals surface area (Å²) in [5, 5.41) is 0. The average Bonchev–Trinajstić information content (AvgIpc) is 3.08. The lowest BCUT2D eigenvalue weighted by molar-refractivity contribution is 0.627. The van der Waals surface area contributed by atoms with Crippen molar-refractivity contribution >= 4 is 11.4 Å². The molecule has 3 aromatic rings. The van der Waals surface area contributed by atoms with E-state index < -0.39 is 0 Å². The summed E-state index contributed by atoms with van der Waals surface area (Å²) < 4.78 is 13.3. The number of nitrogens with zero attached hydrogens (tertiary/aromatic N) is 2. The second-order valence-corrected chi connectivity index (χ2v) is 6.34. The molecule has 0 aliphatic carbocycles. The smallest absolute Gasteiger partial charge is 0.129 e. The first kappa shape index (κ1) is 13.6. The molecule has 118 valence electrons. The van der Waals surface area contributed by atoms with Crippen LogP contribution in [0.3, 0.4) is 0 Å². The predicted octanol–water partition coefficient (Wildman–Crippen LogP) is 4.83. The summed E-state index contributed by atoms with van der Waals surface area (Å²) in [5.74, 6) is -0.191. The second-order valence-electron chi connectivity index (χ2n) is 6.34. The molecule has 2 aliphatic rings. The minimum absolute atomic E-state index is 0.168. The van der Waals surface area contributed by atoms with Gasteiger partial charge in [0.25, 0.3) is 0 Å². The molecule has 3 aromatic carbocycles. The van der Waals surface area contributed by atoms with Crippen LogP contribution in [0.2, 0.25) is 0 Å². The molecule has 2 aliphatic heterocycles. The van der Waals surface area contributed by atoms with Gasteiger partial charge in [-0.3, -0.25) is 0 Å². The zero-order valence-corrected chi connectivity index (χ0v) is 13.2. The molecule has 1 unspecified atom stereocenters. The minimum atomic E-state index is -0.191. The normalized spacial score (nSPS) is 18.1. The summed E-state index contributed by atoms with van der Waals surface area (Å²) >= 11 is 0. The van der Waals surface area contributed by atoms with Gasteiger partial charge in [0.15, 0.2) is 0 Å². The fraction of sp³-hybridized carbons (Fsp3) is 0.143. The fourth-order valence-electron chi connectivity index (χ4n) is 4.04. The van der Waals surface area contributed by atoms with Gasteiger partial charge < -0.3 is 9.80 Å². The molecule has 0 amide bonds. The van der Waals surface area contributed by atoms with Crippen LogP contribution in [0.5, 0.6) is 0 Å². The first-order chi connectivity index (χ1) is 11.8. The Bertz CT molecular complexity index is 904. The lowest BCUT2D eigenvalue weighted by Crippen LogP contribution is -2.33. The number of rotatable bonds is 1. The molecule has 3 heteroatoms. The van der Waals surface area contributed by atoms with Crippen molar-refractivity contribution in [3.63, 3.8) is 0 Å². The summed E-state index contributed by atoms with van der Waals surface area (Å²) in [6.07, 6.45) is 0.168. The molecule has 0 radical (unpaired) electrons. The van der Waals surface area contributed by atoms with Crippen molar-refractivity contribution in [2.75, 3.05) is 22.9 Å². The molecule has 0 N–H and O–H groups in total. The third-order valence-corrected chi connectivity index (χ3v) is 5.07. The van der Waals surface area contributed by atoms with Crippen molar-refractivity contribution in [2.24, 2.45) is 0 Å². The van der Waals surface area contributed by atoms with E-state index in [0.29, 0.717) is 0 Å². The average molecular weight is 316 g/mol. The Morgan fingerprint density at radius 1 is 0.708 bits per heavy atom. The second kappa shape index (κ2) is 5.10. The van der Waals surface area contributed by atoms with Crippen molar-refractivity contribution in [3.05, 3.63) is 84.2 Å². The summed E-state index contributed by atoms with van der Waals surface area (Å²) in [6, 6.07) is 24.1. The standard InChI is InChI=1S/C21H17FN2/c22-15-9-11-16(12-10-15)23-13-14-24-20-8-4-3-6-18(20)17-5-1-2-7-19(17)21(23)24/h1-12,21H,13-14H2. The molecule has 1 fully saturated rings. The van der Waals surface area contributed by atoms with Crippen LogP contribution in [0, 0.1) is 5.82 Å². The third-order valence-electron chi connectivity index (χ3n) is 5.07. The largest absolute Gasteiger partial charge is 0.346 e.